The Morgan fingerprint density at radius 1 is 1.11 bits per heavy atom. The van der Waals surface area contributed by atoms with Crippen molar-refractivity contribution < 1.29 is 4.79 Å². The van der Waals surface area contributed by atoms with Gasteiger partial charge >= 0.3 is 0 Å². The number of nitrogens with one attached hydrogen (secondary N) is 2. The number of piperidine rings is 1. The first-order valence-corrected chi connectivity index (χ1v) is 13.4. The lowest BCUT2D eigenvalue weighted by atomic mass is 9.97. The van der Waals surface area contributed by atoms with Crippen LogP contribution in [0.25, 0.3) is 22.2 Å². The molecule has 3 aromatic heterocycles. The van der Waals surface area contributed by atoms with E-state index in [9.17, 15) is 4.79 Å². The van der Waals surface area contributed by atoms with Gasteiger partial charge in [0.1, 0.15) is 11.5 Å². The van der Waals surface area contributed by atoms with Crippen LogP contribution in [0, 0.1) is 5.92 Å². The Hall–Kier alpha value is -3.91. The molecule has 1 fully saturated rings. The number of benzene rings is 1. The third kappa shape index (κ3) is 4.39. The van der Waals surface area contributed by atoms with E-state index in [-0.39, 0.29) is 5.91 Å². The molecule has 2 N–H and O–H groups in total. The van der Waals surface area contributed by atoms with E-state index in [2.05, 4.69) is 70.7 Å². The van der Waals surface area contributed by atoms with Gasteiger partial charge in [0.05, 0.1) is 5.56 Å². The Bertz CT molecular complexity index is 1510. The summed E-state index contributed by atoms with van der Waals surface area (Å²) < 4.78 is 2.01. The molecular formula is C30H35N7O. The predicted octanol–water partition coefficient (Wildman–Crippen LogP) is 4.92. The summed E-state index contributed by atoms with van der Waals surface area (Å²) >= 11 is 0. The molecular weight excluding hydrogens is 474 g/mol. The van der Waals surface area contributed by atoms with Gasteiger partial charge in [-0.25, -0.2) is 9.97 Å². The minimum absolute atomic E-state index is 0.0946. The van der Waals surface area contributed by atoms with Crippen LogP contribution in [-0.2, 0) is 20.1 Å². The Morgan fingerprint density at radius 2 is 1.92 bits per heavy atom. The number of amides is 1. The van der Waals surface area contributed by atoms with Crippen LogP contribution in [0.4, 0.5) is 17.2 Å². The Balaban J connectivity index is 1.36. The molecule has 8 nitrogen and oxygen atoms in total. The van der Waals surface area contributed by atoms with Gasteiger partial charge in [-0.15, -0.1) is 0 Å². The smallest absolute Gasteiger partial charge is 0.255 e. The van der Waals surface area contributed by atoms with Gasteiger partial charge in [-0.3, -0.25) is 4.79 Å². The number of carbonyl (C=O) groups excluding carboxylic acids is 1. The average molecular weight is 510 g/mol. The maximum Gasteiger partial charge on any atom is 0.255 e. The van der Waals surface area contributed by atoms with Crippen molar-refractivity contribution in [3.05, 3.63) is 65.6 Å². The molecule has 1 amide bonds. The third-order valence-electron chi connectivity index (χ3n) is 7.85. The topological polar surface area (TPSA) is 78.3 Å². The Morgan fingerprint density at radius 3 is 2.71 bits per heavy atom. The summed E-state index contributed by atoms with van der Waals surface area (Å²) in [6.45, 7) is 5.85. The lowest BCUT2D eigenvalue weighted by Gasteiger charge is -2.34. The molecule has 38 heavy (non-hydrogen) atoms. The van der Waals surface area contributed by atoms with Crippen LogP contribution < -0.4 is 15.5 Å². The van der Waals surface area contributed by atoms with Gasteiger partial charge in [0.15, 0.2) is 0 Å². The summed E-state index contributed by atoms with van der Waals surface area (Å²) in [7, 11) is 6.19. The first-order chi connectivity index (χ1) is 18.4. The monoisotopic (exact) mass is 509 g/mol. The number of anilines is 3. The van der Waals surface area contributed by atoms with E-state index < -0.39 is 0 Å². The third-order valence-corrected chi connectivity index (χ3v) is 7.85. The van der Waals surface area contributed by atoms with Crippen molar-refractivity contribution in [3.8, 4) is 11.1 Å². The molecule has 0 saturated carbocycles. The molecule has 0 unspecified atom stereocenters. The fraction of sp³-hybridized carbons (Fsp3) is 0.367. The highest BCUT2D eigenvalue weighted by atomic mass is 16.1. The van der Waals surface area contributed by atoms with Gasteiger partial charge < -0.3 is 25.0 Å². The van der Waals surface area contributed by atoms with Crippen molar-refractivity contribution in [1.29, 1.82) is 0 Å². The molecule has 0 radical (unpaired) electrons. The van der Waals surface area contributed by atoms with Crippen LogP contribution in [-0.4, -0.2) is 52.5 Å². The first kappa shape index (κ1) is 24.4. The molecule has 2 aliphatic rings. The van der Waals surface area contributed by atoms with E-state index in [1.807, 2.05) is 36.3 Å². The number of rotatable bonds is 6. The summed E-state index contributed by atoms with van der Waals surface area (Å²) in [6, 6.07) is 10.6. The molecule has 0 bridgehead atoms. The normalized spacial score (nSPS) is 15.8. The predicted molar refractivity (Wildman–Crippen MR) is 153 cm³/mol. The molecule has 4 aromatic rings. The molecule has 0 atom stereocenters. The number of nitrogens with zero attached hydrogens (tertiary/aromatic N) is 5. The van der Waals surface area contributed by atoms with Crippen LogP contribution in [0.5, 0.6) is 0 Å². The number of carbonyl (C=O) groups is 1. The van der Waals surface area contributed by atoms with Crippen molar-refractivity contribution in [2.45, 2.75) is 32.9 Å². The van der Waals surface area contributed by atoms with Crippen LogP contribution in [0.1, 0.15) is 41.3 Å². The van der Waals surface area contributed by atoms with Crippen molar-refractivity contribution >= 4 is 34.1 Å². The maximum absolute atomic E-state index is 13.0. The molecule has 0 aliphatic carbocycles. The van der Waals surface area contributed by atoms with Gasteiger partial charge in [0.25, 0.3) is 5.91 Å². The zero-order chi connectivity index (χ0) is 26.4. The highest BCUT2D eigenvalue weighted by Crippen LogP contribution is 2.37. The molecule has 1 saturated heterocycles. The summed E-state index contributed by atoms with van der Waals surface area (Å²) in [5, 5.41) is 7.55. The quantitative estimate of drug-likeness (QED) is 0.384. The number of aryl methyl sites for hydroxylation is 1. The lowest BCUT2D eigenvalue weighted by molar-refractivity contribution is 0.0966. The van der Waals surface area contributed by atoms with E-state index in [1.54, 1.807) is 0 Å². The standard InChI is InChI=1S/C30H35N7O/c1-19-8-13-37(14-9-19)26-6-5-21(15-20(26)18-35(2)3)34-28-27-25(17-33-30(27)38)24(16-32-28)22-7-11-31-29-23(22)10-12-36(29)4/h5-7,10-12,15-16,19H,8-9,13-14,17-18H2,1-4H3,(H,32,34)(H,33,38). The van der Waals surface area contributed by atoms with E-state index in [1.165, 1.54) is 24.1 Å². The van der Waals surface area contributed by atoms with Crippen molar-refractivity contribution in [1.82, 2.24) is 24.8 Å². The average Bonchev–Trinajstić information content (AvgIpc) is 3.48. The second kappa shape index (κ2) is 9.76. The Kier molecular flexibility index (Phi) is 6.27. The first-order valence-electron chi connectivity index (χ1n) is 13.4. The van der Waals surface area contributed by atoms with E-state index in [4.69, 9.17) is 4.98 Å². The van der Waals surface area contributed by atoms with Crippen LogP contribution >= 0.6 is 0 Å². The van der Waals surface area contributed by atoms with E-state index in [0.717, 1.165) is 59.0 Å². The maximum atomic E-state index is 13.0. The molecule has 6 rings (SSSR count). The molecule has 1 aromatic carbocycles. The molecule has 196 valence electrons. The lowest BCUT2D eigenvalue weighted by Crippen LogP contribution is -2.33. The number of hydrogen-bond donors (Lipinski definition) is 2. The van der Waals surface area contributed by atoms with Crippen molar-refractivity contribution in [2.75, 3.05) is 37.4 Å². The summed E-state index contributed by atoms with van der Waals surface area (Å²) in [5.74, 6) is 1.28. The van der Waals surface area contributed by atoms with Gasteiger partial charge in [-0.2, -0.15) is 0 Å². The largest absolute Gasteiger partial charge is 0.371 e. The fourth-order valence-electron chi connectivity index (χ4n) is 5.79. The van der Waals surface area contributed by atoms with E-state index in [0.29, 0.717) is 17.9 Å². The molecule has 2 aliphatic heterocycles. The molecule has 5 heterocycles. The van der Waals surface area contributed by atoms with E-state index >= 15 is 0 Å². The second-order valence-corrected chi connectivity index (χ2v) is 11.0. The highest BCUT2D eigenvalue weighted by Gasteiger charge is 2.28. The fourth-order valence-corrected chi connectivity index (χ4v) is 5.79. The summed E-state index contributed by atoms with van der Waals surface area (Å²) in [4.78, 5) is 27.0. The molecule has 8 heteroatoms. The number of aromatic nitrogens is 3. The zero-order valence-corrected chi connectivity index (χ0v) is 22.6. The SMILES string of the molecule is CC1CCN(c2ccc(Nc3ncc(-c4ccnc5c4ccn5C)c4c3C(=O)NC4)cc2CN(C)C)CC1. The molecule has 0 spiro atoms. The van der Waals surface area contributed by atoms with Gasteiger partial charge in [0, 0.05) is 74.1 Å². The van der Waals surface area contributed by atoms with Gasteiger partial charge in [0.2, 0.25) is 0 Å². The zero-order valence-electron chi connectivity index (χ0n) is 22.6. The van der Waals surface area contributed by atoms with Crippen LogP contribution in [0.2, 0.25) is 0 Å². The number of hydrogen-bond acceptors (Lipinski definition) is 6. The van der Waals surface area contributed by atoms with Crippen molar-refractivity contribution in [3.63, 3.8) is 0 Å². The summed E-state index contributed by atoms with van der Waals surface area (Å²) in [5.41, 5.74) is 8.01. The second-order valence-electron chi connectivity index (χ2n) is 11.0. The van der Waals surface area contributed by atoms with Crippen LogP contribution in [0.3, 0.4) is 0 Å². The van der Waals surface area contributed by atoms with Gasteiger partial charge in [-0.1, -0.05) is 6.92 Å². The highest BCUT2D eigenvalue weighted by molar-refractivity contribution is 6.06. The van der Waals surface area contributed by atoms with Crippen LogP contribution in [0.15, 0.2) is 48.9 Å². The van der Waals surface area contributed by atoms with Crippen molar-refractivity contribution in [2.24, 2.45) is 13.0 Å². The summed E-state index contributed by atoms with van der Waals surface area (Å²) in [6.07, 6.45) is 8.16. The number of fused-ring (bicyclic) bond motifs is 2. The minimum atomic E-state index is -0.0946. The minimum Gasteiger partial charge on any atom is -0.371 e. The Labute approximate surface area is 223 Å². The number of pyridine rings is 2. The van der Waals surface area contributed by atoms with Gasteiger partial charge in [-0.05, 0) is 79.9 Å².